The Kier molecular flexibility index (Phi) is 7.76. The number of hydrogen-bond acceptors (Lipinski definition) is 5. The predicted molar refractivity (Wildman–Crippen MR) is 102 cm³/mol. The molecule has 8 atom stereocenters. The molecule has 4 unspecified atom stereocenters. The van der Waals surface area contributed by atoms with Gasteiger partial charge in [0, 0.05) is 18.4 Å². The summed E-state index contributed by atoms with van der Waals surface area (Å²) in [6, 6.07) is 0. The molecule has 5 nitrogen and oxygen atoms in total. The zero-order chi connectivity index (χ0) is 18.5. The number of aliphatic hydroxyl groups excluding tert-OH is 1. The van der Waals surface area contributed by atoms with Gasteiger partial charge in [0.05, 0.1) is 18.8 Å². The Bertz CT molecular complexity index is 421. The highest BCUT2D eigenvalue weighted by Crippen LogP contribution is 2.50. The fraction of sp³-hybridized carbons (Fsp3) is 1.00. The first-order valence-corrected chi connectivity index (χ1v) is 10.9. The Morgan fingerprint density at radius 3 is 2.81 bits per heavy atom. The van der Waals surface area contributed by atoms with E-state index in [0.29, 0.717) is 30.9 Å². The molecule has 2 heterocycles. The van der Waals surface area contributed by atoms with Gasteiger partial charge < -0.3 is 24.6 Å². The quantitative estimate of drug-likeness (QED) is 0.643. The standard InChI is InChI=1S/C21H39NO4/c1-4-5-11-22-12-17(23)13-24-20-15(3)18-8-6-7-16-10-9-14(2)25-21(26-20)19(16)18/h14-23H,4-13H2,1-3H3/t14-,15+,16?,17?,18?,19?,20-,21-/m0/s1. The Labute approximate surface area is 159 Å². The molecule has 0 radical (unpaired) electrons. The second kappa shape index (κ2) is 9.83. The first kappa shape index (κ1) is 20.5. The van der Waals surface area contributed by atoms with Gasteiger partial charge in [-0.25, -0.2) is 0 Å². The summed E-state index contributed by atoms with van der Waals surface area (Å²) in [5.41, 5.74) is 0. The molecule has 152 valence electrons. The summed E-state index contributed by atoms with van der Waals surface area (Å²) < 4.78 is 18.6. The van der Waals surface area contributed by atoms with Crippen molar-refractivity contribution in [3.63, 3.8) is 0 Å². The maximum absolute atomic E-state index is 10.2. The van der Waals surface area contributed by atoms with Gasteiger partial charge >= 0.3 is 0 Å². The minimum atomic E-state index is -0.492. The van der Waals surface area contributed by atoms with Crippen LogP contribution < -0.4 is 5.32 Å². The molecule has 2 aliphatic heterocycles. The van der Waals surface area contributed by atoms with Crippen molar-refractivity contribution in [2.45, 2.75) is 90.5 Å². The fourth-order valence-corrected chi connectivity index (χ4v) is 5.17. The van der Waals surface area contributed by atoms with Crippen molar-refractivity contribution < 1.29 is 19.3 Å². The predicted octanol–water partition coefficient (Wildman–Crippen LogP) is 3.30. The molecule has 0 amide bonds. The Morgan fingerprint density at radius 2 is 2.00 bits per heavy atom. The average Bonchev–Trinajstić information content (AvgIpc) is 2.80. The van der Waals surface area contributed by atoms with Gasteiger partial charge in [0.15, 0.2) is 12.6 Å². The first-order chi connectivity index (χ1) is 12.6. The Balaban J connectivity index is 1.54. The number of rotatable bonds is 8. The van der Waals surface area contributed by atoms with E-state index in [0.717, 1.165) is 31.7 Å². The molecular weight excluding hydrogens is 330 g/mol. The number of hydrogen-bond donors (Lipinski definition) is 2. The minimum absolute atomic E-state index is 0.135. The van der Waals surface area contributed by atoms with Gasteiger partial charge in [0.25, 0.3) is 0 Å². The normalized spacial score (nSPS) is 41.3. The second-order valence-electron chi connectivity index (χ2n) is 8.73. The molecule has 26 heavy (non-hydrogen) atoms. The number of ether oxygens (including phenoxy) is 3. The highest BCUT2D eigenvalue weighted by atomic mass is 16.8. The van der Waals surface area contributed by atoms with Gasteiger partial charge in [0.2, 0.25) is 0 Å². The lowest BCUT2D eigenvalue weighted by Crippen LogP contribution is -2.52. The lowest BCUT2D eigenvalue weighted by Gasteiger charge is -2.50. The van der Waals surface area contributed by atoms with Crippen LogP contribution in [0.1, 0.15) is 65.7 Å². The van der Waals surface area contributed by atoms with Crippen LogP contribution in [0.15, 0.2) is 0 Å². The van der Waals surface area contributed by atoms with Crippen LogP contribution in [-0.4, -0.2) is 49.6 Å². The summed E-state index contributed by atoms with van der Waals surface area (Å²) in [4.78, 5) is 0. The van der Waals surface area contributed by atoms with Crippen LogP contribution in [0.3, 0.4) is 0 Å². The summed E-state index contributed by atoms with van der Waals surface area (Å²) in [6.45, 7) is 8.43. The molecular formula is C21H39NO4. The second-order valence-corrected chi connectivity index (χ2v) is 8.73. The zero-order valence-corrected chi connectivity index (χ0v) is 16.9. The van der Waals surface area contributed by atoms with E-state index in [1.165, 1.54) is 25.7 Å². The SMILES string of the molecule is CCCCNCC(O)CO[C@H]1O[C@@H]2O[C@@H](C)CCC3CCCC(C32)[C@H]1C. The van der Waals surface area contributed by atoms with Gasteiger partial charge in [-0.15, -0.1) is 0 Å². The molecule has 5 heteroatoms. The topological polar surface area (TPSA) is 60.0 Å². The fourth-order valence-electron chi connectivity index (χ4n) is 5.17. The summed E-state index contributed by atoms with van der Waals surface area (Å²) >= 11 is 0. The van der Waals surface area contributed by atoms with Crippen LogP contribution >= 0.6 is 0 Å². The van der Waals surface area contributed by atoms with Crippen LogP contribution in [0.4, 0.5) is 0 Å². The highest BCUT2D eigenvalue weighted by Gasteiger charge is 2.50. The van der Waals surface area contributed by atoms with Crippen molar-refractivity contribution >= 4 is 0 Å². The average molecular weight is 370 g/mol. The summed E-state index contributed by atoms with van der Waals surface area (Å²) in [6.07, 6.45) is 7.94. The molecule has 2 saturated heterocycles. The third-order valence-corrected chi connectivity index (χ3v) is 6.69. The minimum Gasteiger partial charge on any atom is -0.389 e. The summed E-state index contributed by atoms with van der Waals surface area (Å²) in [5, 5.41) is 13.5. The van der Waals surface area contributed by atoms with Crippen LogP contribution in [0.25, 0.3) is 0 Å². The van der Waals surface area contributed by atoms with E-state index in [1.807, 2.05) is 0 Å². The molecule has 1 aliphatic carbocycles. The monoisotopic (exact) mass is 369 g/mol. The molecule has 0 aromatic heterocycles. The van der Waals surface area contributed by atoms with E-state index in [9.17, 15) is 5.11 Å². The van der Waals surface area contributed by atoms with Crippen molar-refractivity contribution in [1.82, 2.24) is 5.32 Å². The molecule has 3 aliphatic rings. The van der Waals surface area contributed by atoms with E-state index >= 15 is 0 Å². The van der Waals surface area contributed by atoms with Gasteiger partial charge in [-0.1, -0.05) is 26.7 Å². The molecule has 0 aromatic rings. The first-order valence-electron chi connectivity index (χ1n) is 10.9. The van der Waals surface area contributed by atoms with Crippen LogP contribution in [0.2, 0.25) is 0 Å². The molecule has 0 spiro atoms. The van der Waals surface area contributed by atoms with E-state index in [2.05, 4.69) is 26.1 Å². The van der Waals surface area contributed by atoms with E-state index in [4.69, 9.17) is 14.2 Å². The summed E-state index contributed by atoms with van der Waals surface area (Å²) in [5.74, 6) is 2.23. The lowest BCUT2D eigenvalue weighted by molar-refractivity contribution is -0.334. The van der Waals surface area contributed by atoms with Crippen LogP contribution in [0.5, 0.6) is 0 Å². The van der Waals surface area contributed by atoms with Gasteiger partial charge in [-0.3, -0.25) is 0 Å². The largest absolute Gasteiger partial charge is 0.389 e. The highest BCUT2D eigenvalue weighted by molar-refractivity contribution is 4.93. The van der Waals surface area contributed by atoms with Crippen molar-refractivity contribution in [1.29, 1.82) is 0 Å². The van der Waals surface area contributed by atoms with Crippen LogP contribution in [0, 0.1) is 23.7 Å². The Hall–Kier alpha value is -0.200. The van der Waals surface area contributed by atoms with Crippen molar-refractivity contribution in [2.75, 3.05) is 19.7 Å². The smallest absolute Gasteiger partial charge is 0.164 e. The van der Waals surface area contributed by atoms with Gasteiger partial charge in [0.1, 0.15) is 0 Å². The number of nitrogens with one attached hydrogen (secondary N) is 1. The van der Waals surface area contributed by atoms with Crippen molar-refractivity contribution in [3.05, 3.63) is 0 Å². The van der Waals surface area contributed by atoms with Crippen molar-refractivity contribution in [2.24, 2.45) is 23.7 Å². The lowest BCUT2D eigenvalue weighted by atomic mass is 9.65. The molecule has 2 N–H and O–H groups in total. The van der Waals surface area contributed by atoms with E-state index in [-0.39, 0.29) is 18.7 Å². The maximum Gasteiger partial charge on any atom is 0.164 e. The van der Waals surface area contributed by atoms with E-state index < -0.39 is 6.10 Å². The molecule has 1 saturated carbocycles. The van der Waals surface area contributed by atoms with Gasteiger partial charge in [-0.2, -0.15) is 0 Å². The third kappa shape index (κ3) is 4.99. The zero-order valence-electron chi connectivity index (χ0n) is 16.9. The van der Waals surface area contributed by atoms with Crippen molar-refractivity contribution in [3.8, 4) is 0 Å². The number of aliphatic hydroxyl groups is 1. The molecule has 0 aromatic carbocycles. The molecule has 0 bridgehead atoms. The Morgan fingerprint density at radius 1 is 1.15 bits per heavy atom. The van der Waals surface area contributed by atoms with Gasteiger partial charge in [-0.05, 0) is 57.4 Å². The molecule has 3 fully saturated rings. The molecule has 3 rings (SSSR count). The van der Waals surface area contributed by atoms with Crippen LogP contribution in [-0.2, 0) is 14.2 Å². The third-order valence-electron chi connectivity index (χ3n) is 6.69. The summed E-state index contributed by atoms with van der Waals surface area (Å²) in [7, 11) is 0. The maximum atomic E-state index is 10.2. The van der Waals surface area contributed by atoms with E-state index in [1.54, 1.807) is 0 Å². The number of unbranched alkanes of at least 4 members (excludes halogenated alkanes) is 1.